The van der Waals surface area contributed by atoms with E-state index >= 15 is 0 Å². The molecule has 74 valence electrons. The molecule has 14 heavy (non-hydrogen) atoms. The number of carbonyl (C=O) groups excluding carboxylic acids is 1. The van der Waals surface area contributed by atoms with E-state index in [1.54, 1.807) is 30.3 Å². The van der Waals surface area contributed by atoms with Crippen LogP contribution in [0, 0.1) is 5.92 Å². The van der Waals surface area contributed by atoms with Crippen molar-refractivity contribution in [1.29, 1.82) is 0 Å². The predicted molar refractivity (Wildman–Crippen MR) is 55.4 cm³/mol. The first-order valence-electron chi connectivity index (χ1n) is 4.57. The number of aromatic nitrogens is 1. The summed E-state index contributed by atoms with van der Waals surface area (Å²) in [5.41, 5.74) is 0.798. The van der Waals surface area contributed by atoms with E-state index in [-0.39, 0.29) is 11.8 Å². The van der Waals surface area contributed by atoms with Gasteiger partial charge in [0.2, 0.25) is 5.91 Å². The number of anilines is 1. The van der Waals surface area contributed by atoms with Crippen molar-refractivity contribution >= 4 is 23.2 Å². The second-order valence-corrected chi connectivity index (χ2v) is 3.90. The Morgan fingerprint density at radius 1 is 1.57 bits per heavy atom. The van der Waals surface area contributed by atoms with E-state index in [2.05, 4.69) is 4.98 Å². The molecular weight excluding hydrogens is 200 g/mol. The van der Waals surface area contributed by atoms with Crippen molar-refractivity contribution in [2.75, 3.05) is 11.9 Å². The average molecular weight is 211 g/mol. The fourth-order valence-electron chi connectivity index (χ4n) is 1.30. The monoisotopic (exact) mass is 210 g/mol. The number of rotatable bonds is 2. The summed E-state index contributed by atoms with van der Waals surface area (Å²) in [6.45, 7) is 0. The molecule has 1 aliphatic carbocycles. The Morgan fingerprint density at radius 3 is 2.79 bits per heavy atom. The summed E-state index contributed by atoms with van der Waals surface area (Å²) < 4.78 is 0. The maximum Gasteiger partial charge on any atom is 0.229 e. The first-order chi connectivity index (χ1) is 6.68. The third kappa shape index (κ3) is 1.87. The van der Waals surface area contributed by atoms with Gasteiger partial charge in [-0.15, -0.1) is 0 Å². The second-order valence-electron chi connectivity index (χ2n) is 3.51. The van der Waals surface area contributed by atoms with Crippen LogP contribution in [0.1, 0.15) is 12.8 Å². The first kappa shape index (κ1) is 9.46. The van der Waals surface area contributed by atoms with Crippen LogP contribution in [0.2, 0.25) is 5.15 Å². The van der Waals surface area contributed by atoms with Crippen molar-refractivity contribution in [1.82, 2.24) is 4.98 Å². The van der Waals surface area contributed by atoms with Gasteiger partial charge >= 0.3 is 0 Å². The Kier molecular flexibility index (Phi) is 2.42. The van der Waals surface area contributed by atoms with Gasteiger partial charge in [0.1, 0.15) is 5.15 Å². The zero-order valence-corrected chi connectivity index (χ0v) is 8.66. The lowest BCUT2D eigenvalue weighted by Gasteiger charge is -2.16. The molecule has 1 heterocycles. The summed E-state index contributed by atoms with van der Waals surface area (Å²) in [6.07, 6.45) is 3.65. The van der Waals surface area contributed by atoms with E-state index in [0.29, 0.717) is 5.15 Å². The molecule has 1 saturated carbocycles. The first-order valence-corrected chi connectivity index (χ1v) is 4.95. The molecule has 0 aromatic carbocycles. The summed E-state index contributed by atoms with van der Waals surface area (Å²) in [6, 6.07) is 3.49. The van der Waals surface area contributed by atoms with Crippen molar-refractivity contribution in [3.63, 3.8) is 0 Å². The van der Waals surface area contributed by atoms with E-state index in [1.165, 1.54) is 0 Å². The zero-order valence-electron chi connectivity index (χ0n) is 7.90. The largest absolute Gasteiger partial charge is 0.314 e. The van der Waals surface area contributed by atoms with Gasteiger partial charge in [-0.2, -0.15) is 0 Å². The molecule has 0 aliphatic heterocycles. The number of halogens is 1. The smallest absolute Gasteiger partial charge is 0.229 e. The highest BCUT2D eigenvalue weighted by molar-refractivity contribution is 6.29. The van der Waals surface area contributed by atoms with Crippen LogP contribution in [0.5, 0.6) is 0 Å². The second kappa shape index (κ2) is 3.58. The molecule has 0 bridgehead atoms. The number of amides is 1. The van der Waals surface area contributed by atoms with Gasteiger partial charge in [-0.1, -0.05) is 11.6 Å². The number of carbonyl (C=O) groups is 1. The van der Waals surface area contributed by atoms with Gasteiger partial charge in [0.25, 0.3) is 0 Å². The Balaban J connectivity index is 2.13. The minimum absolute atomic E-state index is 0.175. The zero-order chi connectivity index (χ0) is 10.1. The molecule has 0 radical (unpaired) electrons. The Hall–Kier alpha value is -1.09. The third-order valence-electron chi connectivity index (χ3n) is 2.36. The van der Waals surface area contributed by atoms with Crippen LogP contribution in [0.3, 0.4) is 0 Å². The number of hydrogen-bond acceptors (Lipinski definition) is 2. The standard InChI is InChI=1S/C10H11ClN2O/c1-13(10(14)7-2-3-7)8-4-5-9(11)12-6-8/h4-7H,2-3H2,1H3. The van der Waals surface area contributed by atoms with E-state index in [9.17, 15) is 4.79 Å². The maximum atomic E-state index is 11.7. The lowest BCUT2D eigenvalue weighted by Crippen LogP contribution is -2.27. The summed E-state index contributed by atoms with van der Waals surface area (Å²) in [4.78, 5) is 17.2. The summed E-state index contributed by atoms with van der Waals surface area (Å²) in [5, 5.41) is 0.445. The molecule has 0 saturated heterocycles. The fraction of sp³-hybridized carbons (Fsp3) is 0.400. The van der Waals surface area contributed by atoms with Crippen molar-refractivity contribution in [3.8, 4) is 0 Å². The van der Waals surface area contributed by atoms with Crippen molar-refractivity contribution in [3.05, 3.63) is 23.5 Å². The maximum absolute atomic E-state index is 11.7. The number of hydrogen-bond donors (Lipinski definition) is 0. The van der Waals surface area contributed by atoms with Gasteiger partial charge in [-0.3, -0.25) is 4.79 Å². The van der Waals surface area contributed by atoms with Gasteiger partial charge in [-0.05, 0) is 25.0 Å². The molecule has 0 N–H and O–H groups in total. The van der Waals surface area contributed by atoms with Crippen LogP contribution in [0.25, 0.3) is 0 Å². The number of nitrogens with zero attached hydrogens (tertiary/aromatic N) is 2. The SMILES string of the molecule is CN(C(=O)C1CC1)c1ccc(Cl)nc1. The molecule has 4 heteroatoms. The molecule has 2 rings (SSSR count). The summed E-state index contributed by atoms with van der Waals surface area (Å²) in [7, 11) is 1.77. The lowest BCUT2D eigenvalue weighted by atomic mass is 10.3. The van der Waals surface area contributed by atoms with Crippen LogP contribution < -0.4 is 4.90 Å². The fourth-order valence-corrected chi connectivity index (χ4v) is 1.41. The quantitative estimate of drug-likeness (QED) is 0.701. The van der Waals surface area contributed by atoms with Crippen LogP contribution in [0.15, 0.2) is 18.3 Å². The molecule has 1 aromatic heterocycles. The van der Waals surface area contributed by atoms with Crippen molar-refractivity contribution < 1.29 is 4.79 Å². The third-order valence-corrected chi connectivity index (χ3v) is 2.58. The van der Waals surface area contributed by atoms with Gasteiger partial charge in [0.05, 0.1) is 11.9 Å². The van der Waals surface area contributed by atoms with E-state index in [1.807, 2.05) is 0 Å². The molecule has 1 aromatic rings. The highest BCUT2D eigenvalue weighted by atomic mass is 35.5. The van der Waals surface area contributed by atoms with E-state index < -0.39 is 0 Å². The predicted octanol–water partition coefficient (Wildman–Crippen LogP) is 2.11. The summed E-state index contributed by atoms with van der Waals surface area (Å²) >= 11 is 5.66. The number of pyridine rings is 1. The van der Waals surface area contributed by atoms with Crippen LogP contribution in [-0.2, 0) is 4.79 Å². The molecule has 0 spiro atoms. The Labute approximate surface area is 87.7 Å². The van der Waals surface area contributed by atoms with Gasteiger partial charge in [0, 0.05) is 13.0 Å². The topological polar surface area (TPSA) is 33.2 Å². The highest BCUT2D eigenvalue weighted by Gasteiger charge is 2.32. The average Bonchev–Trinajstić information content (AvgIpc) is 3.00. The van der Waals surface area contributed by atoms with Gasteiger partial charge in [-0.25, -0.2) is 4.98 Å². The van der Waals surface area contributed by atoms with Gasteiger partial charge < -0.3 is 4.90 Å². The van der Waals surface area contributed by atoms with Gasteiger partial charge in [0.15, 0.2) is 0 Å². The molecule has 0 unspecified atom stereocenters. The van der Waals surface area contributed by atoms with Crippen molar-refractivity contribution in [2.24, 2.45) is 5.92 Å². The van der Waals surface area contributed by atoms with Crippen molar-refractivity contribution in [2.45, 2.75) is 12.8 Å². The molecule has 1 aliphatic rings. The molecule has 1 amide bonds. The lowest BCUT2D eigenvalue weighted by molar-refractivity contribution is -0.119. The Morgan fingerprint density at radius 2 is 2.29 bits per heavy atom. The normalized spacial score (nSPS) is 15.3. The van der Waals surface area contributed by atoms with Crippen LogP contribution >= 0.6 is 11.6 Å². The van der Waals surface area contributed by atoms with Crippen LogP contribution in [0.4, 0.5) is 5.69 Å². The minimum atomic E-state index is 0.175. The van der Waals surface area contributed by atoms with Crippen LogP contribution in [-0.4, -0.2) is 17.9 Å². The molecule has 0 atom stereocenters. The highest BCUT2D eigenvalue weighted by Crippen LogP contribution is 2.32. The molecule has 1 fully saturated rings. The molecule has 3 nitrogen and oxygen atoms in total. The van der Waals surface area contributed by atoms with E-state index in [4.69, 9.17) is 11.6 Å². The summed E-state index contributed by atoms with van der Waals surface area (Å²) in [5.74, 6) is 0.407. The molecular formula is C10H11ClN2O. The Bertz CT molecular complexity index is 346. The minimum Gasteiger partial charge on any atom is -0.314 e. The van der Waals surface area contributed by atoms with E-state index in [0.717, 1.165) is 18.5 Å².